The van der Waals surface area contributed by atoms with Crippen LogP contribution >= 0.6 is 0 Å². The van der Waals surface area contributed by atoms with Crippen molar-refractivity contribution >= 4 is 23.9 Å². The molecule has 0 aromatic rings. The molecule has 7 nitrogen and oxygen atoms in total. The Hall–Kier alpha value is -2.18. The number of allylic oxidation sites excluding steroid dienone is 1. The van der Waals surface area contributed by atoms with E-state index in [-0.39, 0.29) is 11.8 Å². The van der Waals surface area contributed by atoms with E-state index in [1.165, 1.54) is 6.92 Å². The van der Waals surface area contributed by atoms with Gasteiger partial charge in [0.15, 0.2) is 0 Å². The summed E-state index contributed by atoms with van der Waals surface area (Å²) >= 11 is 0. The number of carbonyl (C=O) groups excluding carboxylic acids is 3. The van der Waals surface area contributed by atoms with Crippen LogP contribution in [0.25, 0.3) is 0 Å². The lowest BCUT2D eigenvalue weighted by Gasteiger charge is -2.55. The summed E-state index contributed by atoms with van der Waals surface area (Å²) in [6, 6.07) is 0. The number of aliphatic carboxylic acids is 1. The zero-order valence-corrected chi connectivity index (χ0v) is 16.7. The number of carboxylic acids is 1. The third-order valence-corrected chi connectivity index (χ3v) is 9.10. The summed E-state index contributed by atoms with van der Waals surface area (Å²) in [6.45, 7) is 7.12. The monoisotopic (exact) mass is 402 g/mol. The maximum atomic E-state index is 13.3. The summed E-state index contributed by atoms with van der Waals surface area (Å²) in [6.07, 6.45) is 2.84. The standard InChI is InChI=1S/C22H26O7/c1-10-8-21-9-12(10)4-5-13(21)22-7-6-14(28-11(2)23)20(3,18(26)29-19(22)27)16(22)15(21)17(24)25/h12-16H,1,4-9H2,2-3H3,(H,24,25)/t12-,13-,14+,15-,16-,20+,21+,22-/m1/s1. The average molecular weight is 402 g/mol. The molecule has 5 rings (SSSR count). The lowest BCUT2D eigenvalue weighted by molar-refractivity contribution is -0.223. The van der Waals surface area contributed by atoms with Crippen molar-refractivity contribution < 1.29 is 33.8 Å². The number of carbonyl (C=O) groups is 4. The molecule has 1 aliphatic heterocycles. The van der Waals surface area contributed by atoms with Crippen LogP contribution in [-0.2, 0) is 28.7 Å². The van der Waals surface area contributed by atoms with E-state index in [0.717, 1.165) is 18.4 Å². The number of rotatable bonds is 2. The minimum absolute atomic E-state index is 0.158. The van der Waals surface area contributed by atoms with Crippen LogP contribution in [0, 0.1) is 39.9 Å². The van der Waals surface area contributed by atoms with E-state index in [1.54, 1.807) is 6.92 Å². The van der Waals surface area contributed by atoms with E-state index in [9.17, 15) is 24.3 Å². The van der Waals surface area contributed by atoms with Crippen molar-refractivity contribution in [1.82, 2.24) is 0 Å². The topological polar surface area (TPSA) is 107 Å². The van der Waals surface area contributed by atoms with Crippen molar-refractivity contribution in [1.29, 1.82) is 0 Å². The Morgan fingerprint density at radius 1 is 1.21 bits per heavy atom. The van der Waals surface area contributed by atoms with Gasteiger partial charge in [-0.05, 0) is 62.7 Å². The van der Waals surface area contributed by atoms with Gasteiger partial charge in [0.05, 0.1) is 11.3 Å². The number of hydrogen-bond donors (Lipinski definition) is 1. The molecule has 0 amide bonds. The van der Waals surface area contributed by atoms with Crippen LogP contribution in [0.5, 0.6) is 0 Å². The van der Waals surface area contributed by atoms with Crippen LogP contribution in [-0.4, -0.2) is 35.1 Å². The largest absolute Gasteiger partial charge is 0.481 e. The number of ether oxygens (including phenoxy) is 2. The lowest BCUT2D eigenvalue weighted by Crippen LogP contribution is -2.66. The highest BCUT2D eigenvalue weighted by Crippen LogP contribution is 2.79. The van der Waals surface area contributed by atoms with Crippen LogP contribution in [0.4, 0.5) is 0 Å². The molecule has 29 heavy (non-hydrogen) atoms. The van der Waals surface area contributed by atoms with Crippen molar-refractivity contribution in [2.75, 3.05) is 0 Å². The van der Waals surface area contributed by atoms with Crippen LogP contribution in [0.15, 0.2) is 12.2 Å². The first kappa shape index (κ1) is 18.8. The van der Waals surface area contributed by atoms with Gasteiger partial charge in [-0.1, -0.05) is 12.2 Å². The van der Waals surface area contributed by atoms with Gasteiger partial charge in [-0.3, -0.25) is 19.2 Å². The fraction of sp³-hybridized carbons (Fsp3) is 0.727. The summed E-state index contributed by atoms with van der Waals surface area (Å²) in [7, 11) is 0. The first-order valence-corrected chi connectivity index (χ1v) is 10.4. The number of fused-ring (bicyclic) bond motifs is 1. The van der Waals surface area contributed by atoms with E-state index in [0.29, 0.717) is 25.7 Å². The Morgan fingerprint density at radius 3 is 2.59 bits per heavy atom. The van der Waals surface area contributed by atoms with Gasteiger partial charge >= 0.3 is 23.9 Å². The summed E-state index contributed by atoms with van der Waals surface area (Å²) in [5, 5.41) is 10.4. The summed E-state index contributed by atoms with van der Waals surface area (Å²) in [5.74, 6) is -4.33. The smallest absolute Gasteiger partial charge is 0.323 e. The quantitative estimate of drug-likeness (QED) is 0.429. The van der Waals surface area contributed by atoms with Gasteiger partial charge in [0, 0.05) is 12.8 Å². The lowest BCUT2D eigenvalue weighted by atomic mass is 9.50. The first-order valence-electron chi connectivity index (χ1n) is 10.4. The Bertz CT molecular complexity index is 876. The molecule has 8 atom stereocenters. The van der Waals surface area contributed by atoms with E-state index < -0.39 is 58.1 Å². The van der Waals surface area contributed by atoms with Gasteiger partial charge in [0.25, 0.3) is 0 Å². The molecule has 156 valence electrons. The van der Waals surface area contributed by atoms with E-state index in [1.807, 2.05) is 0 Å². The van der Waals surface area contributed by atoms with Gasteiger partial charge in [0.1, 0.15) is 11.5 Å². The zero-order chi connectivity index (χ0) is 20.9. The molecule has 0 aromatic carbocycles. The summed E-state index contributed by atoms with van der Waals surface area (Å²) in [5.41, 5.74) is -1.90. The molecule has 5 aliphatic rings. The van der Waals surface area contributed by atoms with Crippen LogP contribution in [0.2, 0.25) is 0 Å². The second-order valence-corrected chi connectivity index (χ2v) is 10.0. The first-order chi connectivity index (χ1) is 13.6. The molecule has 0 unspecified atom stereocenters. The molecule has 7 heteroatoms. The van der Waals surface area contributed by atoms with Crippen molar-refractivity contribution in [3.8, 4) is 0 Å². The predicted octanol–water partition coefficient (Wildman–Crippen LogP) is 2.48. The van der Waals surface area contributed by atoms with E-state index in [2.05, 4.69) is 6.58 Å². The van der Waals surface area contributed by atoms with Gasteiger partial charge in [-0.25, -0.2) is 0 Å². The highest BCUT2D eigenvalue weighted by molar-refractivity contribution is 5.98. The van der Waals surface area contributed by atoms with Gasteiger partial charge in [-0.15, -0.1) is 0 Å². The number of hydrogen-bond acceptors (Lipinski definition) is 6. The van der Waals surface area contributed by atoms with Gasteiger partial charge < -0.3 is 14.6 Å². The van der Waals surface area contributed by atoms with Crippen LogP contribution in [0.3, 0.4) is 0 Å². The maximum absolute atomic E-state index is 13.3. The van der Waals surface area contributed by atoms with Gasteiger partial charge in [0.2, 0.25) is 0 Å². The Labute approximate surface area is 168 Å². The normalized spacial score (nSPS) is 49.9. The van der Waals surface area contributed by atoms with Crippen molar-refractivity contribution in [3.05, 3.63) is 12.2 Å². The summed E-state index contributed by atoms with van der Waals surface area (Å²) < 4.78 is 10.8. The molecule has 1 spiro atoms. The molecule has 4 aliphatic carbocycles. The Kier molecular flexibility index (Phi) is 3.56. The number of esters is 3. The summed E-state index contributed by atoms with van der Waals surface area (Å²) in [4.78, 5) is 50.8. The fourth-order valence-corrected chi connectivity index (χ4v) is 8.31. The molecule has 4 bridgehead atoms. The zero-order valence-electron chi connectivity index (χ0n) is 16.7. The predicted molar refractivity (Wildman–Crippen MR) is 98.1 cm³/mol. The van der Waals surface area contributed by atoms with Crippen molar-refractivity contribution in [2.24, 2.45) is 39.9 Å². The van der Waals surface area contributed by atoms with E-state index in [4.69, 9.17) is 9.47 Å². The highest BCUT2D eigenvalue weighted by atomic mass is 16.6. The maximum Gasteiger partial charge on any atom is 0.323 e. The second-order valence-electron chi connectivity index (χ2n) is 10.0. The molecule has 1 heterocycles. The molecule has 1 saturated heterocycles. The Balaban J connectivity index is 1.75. The third kappa shape index (κ3) is 1.94. The third-order valence-electron chi connectivity index (χ3n) is 9.10. The fourth-order valence-electron chi connectivity index (χ4n) is 8.31. The molecule has 1 N–H and O–H groups in total. The SMILES string of the molecule is C=C1C[C@]23C[C@H]1CC[C@H]2[C@@]12CC[C@H](OC(C)=O)[C@](C)(C(=O)OC1=O)[C@H]2[C@@H]3C(=O)O. The van der Waals surface area contributed by atoms with Crippen molar-refractivity contribution in [3.63, 3.8) is 0 Å². The molecular formula is C22H26O7. The van der Waals surface area contributed by atoms with Crippen molar-refractivity contribution in [2.45, 2.75) is 58.5 Å². The van der Waals surface area contributed by atoms with Crippen LogP contribution in [0.1, 0.15) is 52.4 Å². The number of carboxylic acid groups (broad SMARTS) is 1. The minimum Gasteiger partial charge on any atom is -0.481 e. The highest BCUT2D eigenvalue weighted by Gasteiger charge is 2.83. The van der Waals surface area contributed by atoms with Crippen LogP contribution < -0.4 is 0 Å². The molecule has 4 saturated carbocycles. The number of cyclic esters (lactones) is 2. The molecule has 0 radical (unpaired) electrons. The molecule has 5 fully saturated rings. The molecule has 0 aromatic heterocycles. The van der Waals surface area contributed by atoms with E-state index >= 15 is 0 Å². The molecular weight excluding hydrogens is 376 g/mol. The second kappa shape index (κ2) is 5.49. The minimum atomic E-state index is -1.35. The van der Waals surface area contributed by atoms with Gasteiger partial charge in [-0.2, -0.15) is 0 Å². The Morgan fingerprint density at radius 2 is 1.93 bits per heavy atom. The average Bonchev–Trinajstić information content (AvgIpc) is 3.05.